The van der Waals surface area contributed by atoms with Gasteiger partial charge in [0.25, 0.3) is 0 Å². The van der Waals surface area contributed by atoms with Gasteiger partial charge in [-0.15, -0.1) is 0 Å². The number of nitrogens with one attached hydrogen (secondary N) is 1. The molecule has 36 heavy (non-hydrogen) atoms. The fourth-order valence-corrected chi connectivity index (χ4v) is 5.40. The van der Waals surface area contributed by atoms with Gasteiger partial charge in [-0.2, -0.15) is 0 Å². The molecule has 1 heterocycles. The number of rotatable bonds is 10. The largest absolute Gasteiger partial charge is 0.377 e. The van der Waals surface area contributed by atoms with Crippen LogP contribution in [-0.2, 0) is 14.2 Å². The predicted octanol–water partition coefficient (Wildman–Crippen LogP) is 6.45. The summed E-state index contributed by atoms with van der Waals surface area (Å²) in [4.78, 5) is 0. The van der Waals surface area contributed by atoms with Crippen molar-refractivity contribution < 1.29 is 14.2 Å². The van der Waals surface area contributed by atoms with Gasteiger partial charge in [0.15, 0.2) is 0 Å². The highest BCUT2D eigenvalue weighted by Crippen LogP contribution is 2.30. The van der Waals surface area contributed by atoms with Crippen molar-refractivity contribution in [2.24, 2.45) is 0 Å². The summed E-state index contributed by atoms with van der Waals surface area (Å²) in [6.07, 6.45) is 10.9. The van der Waals surface area contributed by atoms with Crippen molar-refractivity contribution >= 4 is 11.1 Å². The van der Waals surface area contributed by atoms with Crippen LogP contribution in [0.1, 0.15) is 51.7 Å². The maximum atomic E-state index is 6.25. The molecule has 1 saturated heterocycles. The van der Waals surface area contributed by atoms with E-state index in [0.29, 0.717) is 26.4 Å². The Labute approximate surface area is 217 Å². The number of hydrogen-bond donors (Lipinski definition) is 1. The molecule has 0 unspecified atom stereocenters. The summed E-state index contributed by atoms with van der Waals surface area (Å²) in [5, 5.41) is 3.70. The molecule has 192 valence electrons. The Hall–Kier alpha value is -2.50. The van der Waals surface area contributed by atoms with Gasteiger partial charge in [0.05, 0.1) is 38.6 Å². The van der Waals surface area contributed by atoms with Crippen molar-refractivity contribution in [1.82, 2.24) is 5.32 Å². The zero-order chi connectivity index (χ0) is 25.4. The molecule has 4 heteroatoms. The van der Waals surface area contributed by atoms with E-state index in [1.54, 1.807) is 0 Å². The Morgan fingerprint density at radius 3 is 1.64 bits per heavy atom. The van der Waals surface area contributed by atoms with Crippen molar-refractivity contribution in [1.29, 1.82) is 0 Å². The Balaban J connectivity index is 1.27. The maximum absolute atomic E-state index is 6.25. The average Bonchev–Trinajstić information content (AvgIpc) is 3.06. The van der Waals surface area contributed by atoms with Crippen LogP contribution in [0.2, 0.25) is 0 Å². The van der Waals surface area contributed by atoms with Gasteiger partial charge in [-0.3, -0.25) is 0 Å². The van der Waals surface area contributed by atoms with Gasteiger partial charge < -0.3 is 19.5 Å². The fourth-order valence-electron chi connectivity index (χ4n) is 5.40. The first-order chi connectivity index (χ1) is 17.3. The Kier molecular flexibility index (Phi) is 8.97. The predicted molar refractivity (Wildman–Crippen MR) is 149 cm³/mol. The van der Waals surface area contributed by atoms with E-state index in [9.17, 15) is 0 Å². The zero-order valence-corrected chi connectivity index (χ0v) is 22.2. The van der Waals surface area contributed by atoms with E-state index in [2.05, 4.69) is 106 Å². The van der Waals surface area contributed by atoms with Gasteiger partial charge in [0.2, 0.25) is 0 Å². The third kappa shape index (κ3) is 8.01. The summed E-state index contributed by atoms with van der Waals surface area (Å²) < 4.78 is 18.3. The molecule has 1 fully saturated rings. The van der Waals surface area contributed by atoms with Crippen LogP contribution in [-0.4, -0.2) is 49.7 Å². The van der Waals surface area contributed by atoms with Crippen LogP contribution in [0.3, 0.4) is 0 Å². The van der Waals surface area contributed by atoms with Crippen LogP contribution in [0, 0.1) is 0 Å². The van der Waals surface area contributed by atoms with Gasteiger partial charge in [-0.05, 0) is 75.0 Å². The fraction of sp³-hybridized carbons (Fsp3) is 0.438. The highest BCUT2D eigenvalue weighted by molar-refractivity contribution is 5.84. The summed E-state index contributed by atoms with van der Waals surface area (Å²) in [6.45, 7) is 11.2. The Morgan fingerprint density at radius 2 is 1.14 bits per heavy atom. The molecule has 2 aromatic carbocycles. The lowest BCUT2D eigenvalue weighted by atomic mass is 9.81. The van der Waals surface area contributed by atoms with Gasteiger partial charge in [-0.25, -0.2) is 0 Å². The summed E-state index contributed by atoms with van der Waals surface area (Å²) >= 11 is 0. The van der Waals surface area contributed by atoms with Crippen molar-refractivity contribution in [3.8, 4) is 0 Å². The number of ether oxygens (including phenoxy) is 3. The minimum absolute atomic E-state index is 0.0902. The molecule has 1 aliphatic heterocycles. The molecule has 0 atom stereocenters. The van der Waals surface area contributed by atoms with Crippen LogP contribution >= 0.6 is 0 Å². The lowest BCUT2D eigenvalue weighted by Crippen LogP contribution is -2.59. The third-order valence-electron chi connectivity index (χ3n) is 6.62. The topological polar surface area (TPSA) is 39.7 Å². The molecule has 0 amide bonds. The third-order valence-corrected chi connectivity index (χ3v) is 6.62. The van der Waals surface area contributed by atoms with E-state index in [1.165, 1.54) is 11.1 Å². The SMILES string of the molecule is CC1(C)CC(OCCOCCOC2C=C(c3ccccc3)C=CC(c3ccccc3)=C2)CC(C)(C)N1. The highest BCUT2D eigenvalue weighted by Gasteiger charge is 2.37. The lowest BCUT2D eigenvalue weighted by Gasteiger charge is -2.46. The highest BCUT2D eigenvalue weighted by atomic mass is 16.5. The smallest absolute Gasteiger partial charge is 0.0956 e. The molecule has 0 spiro atoms. The molecular weight excluding hydrogens is 446 g/mol. The summed E-state index contributed by atoms with van der Waals surface area (Å²) in [6, 6.07) is 20.9. The zero-order valence-electron chi connectivity index (χ0n) is 22.2. The molecule has 2 aromatic rings. The summed E-state index contributed by atoms with van der Waals surface area (Å²) in [5.41, 5.74) is 4.86. The lowest BCUT2D eigenvalue weighted by molar-refractivity contribution is -0.0496. The van der Waals surface area contributed by atoms with Gasteiger partial charge in [0.1, 0.15) is 0 Å². The minimum Gasteiger partial charge on any atom is -0.377 e. The molecule has 4 rings (SSSR count). The molecule has 4 nitrogen and oxygen atoms in total. The quantitative estimate of drug-likeness (QED) is 0.391. The van der Waals surface area contributed by atoms with Crippen LogP contribution in [0.5, 0.6) is 0 Å². The average molecular weight is 488 g/mol. The van der Waals surface area contributed by atoms with E-state index in [4.69, 9.17) is 14.2 Å². The molecular formula is C32H41NO3. The number of allylic oxidation sites excluding steroid dienone is 4. The van der Waals surface area contributed by atoms with E-state index in [1.807, 2.05) is 12.1 Å². The van der Waals surface area contributed by atoms with Gasteiger partial charge >= 0.3 is 0 Å². The van der Waals surface area contributed by atoms with Gasteiger partial charge in [0, 0.05) is 11.1 Å². The van der Waals surface area contributed by atoms with Crippen molar-refractivity contribution in [3.63, 3.8) is 0 Å². The van der Waals surface area contributed by atoms with E-state index in [-0.39, 0.29) is 23.3 Å². The first-order valence-electron chi connectivity index (χ1n) is 13.1. The normalized spacial score (nSPS) is 20.0. The van der Waals surface area contributed by atoms with E-state index >= 15 is 0 Å². The standard InChI is InChI=1S/C32H41NO3/c1-31(2)23-30(24-32(3,4)33-31)36-20-18-34-17-19-35-29-21-27(25-11-7-5-8-12-25)15-16-28(22-29)26-13-9-6-10-14-26/h5-16,21-22,29-30,33H,17-20,23-24H2,1-4H3. The van der Waals surface area contributed by atoms with Crippen molar-refractivity contribution in [2.75, 3.05) is 26.4 Å². The van der Waals surface area contributed by atoms with Crippen LogP contribution < -0.4 is 5.32 Å². The number of piperidine rings is 1. The summed E-state index contributed by atoms with van der Waals surface area (Å²) in [5.74, 6) is 0. The summed E-state index contributed by atoms with van der Waals surface area (Å²) in [7, 11) is 0. The Morgan fingerprint density at radius 1 is 0.667 bits per heavy atom. The molecule has 0 aromatic heterocycles. The monoisotopic (exact) mass is 487 g/mol. The van der Waals surface area contributed by atoms with Crippen molar-refractivity contribution in [3.05, 3.63) is 96.1 Å². The molecule has 1 aliphatic carbocycles. The van der Waals surface area contributed by atoms with Gasteiger partial charge in [-0.1, -0.05) is 72.8 Å². The number of hydrogen-bond acceptors (Lipinski definition) is 4. The Bertz CT molecular complexity index is 978. The van der Waals surface area contributed by atoms with Crippen LogP contribution in [0.4, 0.5) is 0 Å². The molecule has 1 N–H and O–H groups in total. The van der Waals surface area contributed by atoms with E-state index < -0.39 is 0 Å². The minimum atomic E-state index is -0.135. The van der Waals surface area contributed by atoms with E-state index in [0.717, 1.165) is 24.0 Å². The molecule has 0 radical (unpaired) electrons. The van der Waals surface area contributed by atoms with Crippen molar-refractivity contribution in [2.45, 2.75) is 63.8 Å². The second-order valence-electron chi connectivity index (χ2n) is 11.1. The second kappa shape index (κ2) is 12.2. The molecule has 0 bridgehead atoms. The molecule has 2 aliphatic rings. The maximum Gasteiger partial charge on any atom is 0.0956 e. The number of benzene rings is 2. The first kappa shape index (κ1) is 26.6. The second-order valence-corrected chi connectivity index (χ2v) is 11.1. The van der Waals surface area contributed by atoms with Crippen LogP contribution in [0.15, 0.2) is 85.0 Å². The van der Waals surface area contributed by atoms with Crippen LogP contribution in [0.25, 0.3) is 11.1 Å². The first-order valence-corrected chi connectivity index (χ1v) is 13.1. The molecule has 0 saturated carbocycles.